The van der Waals surface area contributed by atoms with Crippen LogP contribution in [0.3, 0.4) is 0 Å². The van der Waals surface area contributed by atoms with Crippen LogP contribution in [0.15, 0.2) is 17.3 Å². The standard InChI is InChI=1S/C10H17N5O3S/c11-10-12-7-9(8-13-10)19(16,17)14-1-2-15-3-5-18-6-4-15/h7-8,14H,1-6H2,(H2,11,12,13). The highest BCUT2D eigenvalue weighted by atomic mass is 32.2. The molecular weight excluding hydrogens is 270 g/mol. The number of nitrogens with one attached hydrogen (secondary N) is 1. The molecule has 0 saturated carbocycles. The number of nitrogen functional groups attached to an aromatic ring is 1. The van der Waals surface area contributed by atoms with E-state index < -0.39 is 10.0 Å². The lowest BCUT2D eigenvalue weighted by molar-refractivity contribution is 0.0390. The molecule has 1 aliphatic heterocycles. The summed E-state index contributed by atoms with van der Waals surface area (Å²) in [6.07, 6.45) is 2.39. The molecule has 0 atom stereocenters. The Kier molecular flexibility index (Phi) is 4.64. The van der Waals surface area contributed by atoms with Crippen LogP contribution in [0.4, 0.5) is 5.95 Å². The Morgan fingerprint density at radius 3 is 2.58 bits per heavy atom. The Morgan fingerprint density at radius 2 is 1.95 bits per heavy atom. The third kappa shape index (κ3) is 4.10. The molecule has 2 rings (SSSR count). The van der Waals surface area contributed by atoms with E-state index in [-0.39, 0.29) is 10.8 Å². The first-order chi connectivity index (χ1) is 9.08. The first kappa shape index (κ1) is 14.1. The Hall–Kier alpha value is -1.29. The molecule has 19 heavy (non-hydrogen) atoms. The first-order valence-electron chi connectivity index (χ1n) is 5.95. The highest BCUT2D eigenvalue weighted by molar-refractivity contribution is 7.89. The molecule has 0 aromatic carbocycles. The van der Waals surface area contributed by atoms with Crippen molar-refractivity contribution in [2.45, 2.75) is 4.90 Å². The molecule has 1 saturated heterocycles. The number of rotatable bonds is 5. The van der Waals surface area contributed by atoms with E-state index >= 15 is 0 Å². The first-order valence-corrected chi connectivity index (χ1v) is 7.43. The number of nitrogens with two attached hydrogens (primary N) is 1. The van der Waals surface area contributed by atoms with Gasteiger partial charge in [0.15, 0.2) is 0 Å². The van der Waals surface area contributed by atoms with E-state index in [4.69, 9.17) is 10.5 Å². The highest BCUT2D eigenvalue weighted by Gasteiger charge is 2.16. The average molecular weight is 287 g/mol. The van der Waals surface area contributed by atoms with Crippen LogP contribution in [-0.4, -0.2) is 62.7 Å². The molecule has 1 aromatic heterocycles. The summed E-state index contributed by atoms with van der Waals surface area (Å²) in [5.74, 6) is 0.0484. The van der Waals surface area contributed by atoms with Crippen LogP contribution < -0.4 is 10.5 Å². The largest absolute Gasteiger partial charge is 0.379 e. The van der Waals surface area contributed by atoms with Crippen LogP contribution in [0.25, 0.3) is 0 Å². The predicted octanol–water partition coefficient (Wildman–Crippen LogP) is -1.33. The van der Waals surface area contributed by atoms with Crippen molar-refractivity contribution in [3.05, 3.63) is 12.4 Å². The number of morpholine rings is 1. The molecule has 0 unspecified atom stereocenters. The summed E-state index contributed by atoms with van der Waals surface area (Å²) >= 11 is 0. The number of hydrogen-bond donors (Lipinski definition) is 2. The Bertz CT molecular complexity index is 498. The van der Waals surface area contributed by atoms with Crippen LogP contribution in [0.2, 0.25) is 0 Å². The zero-order valence-electron chi connectivity index (χ0n) is 10.4. The molecular formula is C10H17N5O3S. The van der Waals surface area contributed by atoms with E-state index in [1.165, 1.54) is 12.4 Å². The number of ether oxygens (including phenoxy) is 1. The molecule has 2 heterocycles. The van der Waals surface area contributed by atoms with Gasteiger partial charge in [0.05, 0.1) is 25.6 Å². The van der Waals surface area contributed by atoms with Gasteiger partial charge in [-0.3, -0.25) is 4.90 Å². The van der Waals surface area contributed by atoms with Gasteiger partial charge < -0.3 is 10.5 Å². The van der Waals surface area contributed by atoms with Crippen molar-refractivity contribution in [3.63, 3.8) is 0 Å². The molecule has 3 N–H and O–H groups in total. The normalized spacial score (nSPS) is 17.5. The van der Waals surface area contributed by atoms with Crippen LogP contribution in [0.5, 0.6) is 0 Å². The van der Waals surface area contributed by atoms with Gasteiger partial charge in [0, 0.05) is 26.2 Å². The van der Waals surface area contributed by atoms with Crippen molar-refractivity contribution >= 4 is 16.0 Å². The molecule has 1 fully saturated rings. The van der Waals surface area contributed by atoms with E-state index in [1.54, 1.807) is 0 Å². The van der Waals surface area contributed by atoms with E-state index in [0.29, 0.717) is 26.3 Å². The maximum Gasteiger partial charge on any atom is 0.243 e. The van der Waals surface area contributed by atoms with E-state index in [9.17, 15) is 8.42 Å². The van der Waals surface area contributed by atoms with Crippen LogP contribution in [0.1, 0.15) is 0 Å². The molecule has 0 bridgehead atoms. The van der Waals surface area contributed by atoms with E-state index in [2.05, 4.69) is 19.6 Å². The summed E-state index contributed by atoms with van der Waals surface area (Å²) in [4.78, 5) is 9.49. The Labute approximate surface area is 112 Å². The fourth-order valence-electron chi connectivity index (χ4n) is 1.71. The zero-order chi connectivity index (χ0) is 13.7. The van der Waals surface area contributed by atoms with Crippen molar-refractivity contribution in [2.75, 3.05) is 45.1 Å². The van der Waals surface area contributed by atoms with Gasteiger partial charge in [-0.25, -0.2) is 23.1 Å². The number of sulfonamides is 1. The minimum Gasteiger partial charge on any atom is -0.379 e. The lowest BCUT2D eigenvalue weighted by atomic mass is 10.4. The molecule has 0 spiro atoms. The third-order valence-electron chi connectivity index (χ3n) is 2.78. The van der Waals surface area contributed by atoms with Crippen molar-refractivity contribution in [1.82, 2.24) is 19.6 Å². The predicted molar refractivity (Wildman–Crippen MR) is 68.9 cm³/mol. The van der Waals surface area contributed by atoms with E-state index in [0.717, 1.165) is 13.1 Å². The Morgan fingerprint density at radius 1 is 1.32 bits per heavy atom. The number of hydrogen-bond acceptors (Lipinski definition) is 7. The van der Waals surface area contributed by atoms with Crippen molar-refractivity contribution < 1.29 is 13.2 Å². The smallest absolute Gasteiger partial charge is 0.243 e. The summed E-state index contributed by atoms with van der Waals surface area (Å²) in [6, 6.07) is 0. The summed E-state index contributed by atoms with van der Waals surface area (Å²) in [6.45, 7) is 4.03. The highest BCUT2D eigenvalue weighted by Crippen LogP contribution is 2.05. The molecule has 106 valence electrons. The van der Waals surface area contributed by atoms with Crippen LogP contribution in [0, 0.1) is 0 Å². The molecule has 0 aliphatic carbocycles. The summed E-state index contributed by atoms with van der Waals surface area (Å²) in [7, 11) is -3.57. The van der Waals surface area contributed by atoms with Gasteiger partial charge in [-0.1, -0.05) is 0 Å². The molecule has 9 heteroatoms. The molecule has 1 aromatic rings. The quantitative estimate of drug-likeness (QED) is 0.690. The van der Waals surface area contributed by atoms with Gasteiger partial charge in [0.1, 0.15) is 4.90 Å². The minimum atomic E-state index is -3.57. The third-order valence-corrected chi connectivity index (χ3v) is 4.20. The van der Waals surface area contributed by atoms with Crippen molar-refractivity contribution in [2.24, 2.45) is 0 Å². The lowest BCUT2D eigenvalue weighted by Crippen LogP contribution is -2.41. The number of anilines is 1. The molecule has 1 aliphatic rings. The summed E-state index contributed by atoms with van der Waals surface area (Å²) in [5.41, 5.74) is 5.31. The van der Waals surface area contributed by atoms with Crippen LogP contribution >= 0.6 is 0 Å². The molecule has 0 radical (unpaired) electrons. The van der Waals surface area contributed by atoms with Gasteiger partial charge in [0.25, 0.3) is 0 Å². The minimum absolute atomic E-state index is 0.0173. The number of aromatic nitrogens is 2. The van der Waals surface area contributed by atoms with Gasteiger partial charge in [-0.05, 0) is 0 Å². The van der Waals surface area contributed by atoms with Gasteiger partial charge in [0.2, 0.25) is 16.0 Å². The molecule has 8 nitrogen and oxygen atoms in total. The van der Waals surface area contributed by atoms with Gasteiger partial charge in [-0.15, -0.1) is 0 Å². The fraction of sp³-hybridized carbons (Fsp3) is 0.600. The average Bonchev–Trinajstić information content (AvgIpc) is 2.40. The fourth-order valence-corrected chi connectivity index (χ4v) is 2.62. The van der Waals surface area contributed by atoms with Gasteiger partial charge >= 0.3 is 0 Å². The number of nitrogens with zero attached hydrogens (tertiary/aromatic N) is 3. The second kappa shape index (κ2) is 6.24. The lowest BCUT2D eigenvalue weighted by Gasteiger charge is -2.26. The Balaban J connectivity index is 1.85. The van der Waals surface area contributed by atoms with Crippen molar-refractivity contribution in [3.8, 4) is 0 Å². The topological polar surface area (TPSA) is 110 Å². The summed E-state index contributed by atoms with van der Waals surface area (Å²) < 4.78 is 31.5. The van der Waals surface area contributed by atoms with Crippen LogP contribution in [-0.2, 0) is 14.8 Å². The maximum absolute atomic E-state index is 11.9. The second-order valence-electron chi connectivity index (χ2n) is 4.13. The summed E-state index contributed by atoms with van der Waals surface area (Å²) in [5, 5.41) is 0. The maximum atomic E-state index is 11.9. The SMILES string of the molecule is Nc1ncc(S(=O)(=O)NCCN2CCOCC2)cn1. The second-order valence-corrected chi connectivity index (χ2v) is 5.90. The molecule has 0 amide bonds. The van der Waals surface area contributed by atoms with Crippen molar-refractivity contribution in [1.29, 1.82) is 0 Å². The monoisotopic (exact) mass is 287 g/mol. The zero-order valence-corrected chi connectivity index (χ0v) is 11.3. The van der Waals surface area contributed by atoms with Gasteiger partial charge in [-0.2, -0.15) is 0 Å². The van der Waals surface area contributed by atoms with E-state index in [1.807, 2.05) is 0 Å².